The highest BCUT2D eigenvalue weighted by Gasteiger charge is 2.34. The minimum absolute atomic E-state index is 0. The molecule has 0 bridgehead atoms. The third kappa shape index (κ3) is 9.15. The van der Waals surface area contributed by atoms with Gasteiger partial charge in [-0.25, -0.2) is 0 Å². The molecular formula is C18H34F3IN4OS. The van der Waals surface area contributed by atoms with Gasteiger partial charge in [0.25, 0.3) is 0 Å². The molecule has 0 aromatic rings. The molecule has 0 aromatic carbocycles. The molecular weight excluding hydrogens is 504 g/mol. The maximum absolute atomic E-state index is 12.5. The van der Waals surface area contributed by atoms with Crippen LogP contribution in [0.25, 0.3) is 0 Å². The molecule has 1 saturated heterocycles. The van der Waals surface area contributed by atoms with Gasteiger partial charge in [-0.15, -0.1) is 24.0 Å². The second-order valence-electron chi connectivity index (χ2n) is 7.52. The number of nitrogens with zero attached hydrogens (tertiary/aromatic N) is 2. The Bertz CT molecular complexity index is 522. The van der Waals surface area contributed by atoms with Gasteiger partial charge in [-0.05, 0) is 45.1 Å². The fraction of sp³-hybridized carbons (Fsp3) is 0.944. The first kappa shape index (κ1) is 25.9. The molecule has 1 saturated carbocycles. The number of hydrogen-bond acceptors (Lipinski definition) is 3. The van der Waals surface area contributed by atoms with Crippen molar-refractivity contribution >= 4 is 40.7 Å². The van der Waals surface area contributed by atoms with E-state index in [2.05, 4.69) is 15.6 Å². The van der Waals surface area contributed by atoms with E-state index >= 15 is 0 Å². The number of nitrogens with one attached hydrogen (secondary N) is 2. The zero-order chi connectivity index (χ0) is 19.9. The smallest absolute Gasteiger partial charge is 0.357 e. The second kappa shape index (κ2) is 12.6. The van der Waals surface area contributed by atoms with Crippen LogP contribution in [0.2, 0.25) is 0 Å². The Hall–Kier alpha value is -0.100. The lowest BCUT2D eigenvalue weighted by Crippen LogP contribution is -2.46. The lowest BCUT2D eigenvalue weighted by Gasteiger charge is -2.30. The molecule has 0 spiro atoms. The molecule has 1 heterocycles. The van der Waals surface area contributed by atoms with Gasteiger partial charge in [-0.3, -0.25) is 14.1 Å². The van der Waals surface area contributed by atoms with E-state index in [1.165, 1.54) is 4.90 Å². The van der Waals surface area contributed by atoms with Crippen molar-refractivity contribution in [3.05, 3.63) is 0 Å². The van der Waals surface area contributed by atoms with Gasteiger partial charge in [-0.1, -0.05) is 13.3 Å². The summed E-state index contributed by atoms with van der Waals surface area (Å²) in [5.74, 6) is 1.58. The number of alkyl halides is 3. The first-order chi connectivity index (χ1) is 12.8. The fourth-order valence-electron chi connectivity index (χ4n) is 3.94. The Morgan fingerprint density at radius 2 is 2.00 bits per heavy atom. The predicted molar refractivity (Wildman–Crippen MR) is 120 cm³/mol. The molecule has 4 atom stereocenters. The van der Waals surface area contributed by atoms with Crippen LogP contribution in [0.1, 0.15) is 46.0 Å². The van der Waals surface area contributed by atoms with Gasteiger partial charge in [-0.2, -0.15) is 13.2 Å². The number of hydrogen-bond donors (Lipinski definition) is 2. The first-order valence-corrected chi connectivity index (χ1v) is 11.4. The van der Waals surface area contributed by atoms with E-state index in [-0.39, 0.29) is 41.2 Å². The summed E-state index contributed by atoms with van der Waals surface area (Å²) in [5.41, 5.74) is 0. The Balaban J connectivity index is 0.00000392. The summed E-state index contributed by atoms with van der Waals surface area (Å²) < 4.78 is 49.6. The van der Waals surface area contributed by atoms with Crippen LogP contribution >= 0.6 is 24.0 Å². The largest absolute Gasteiger partial charge is 0.401 e. The molecule has 28 heavy (non-hydrogen) atoms. The maximum atomic E-state index is 12.5. The van der Waals surface area contributed by atoms with E-state index in [0.29, 0.717) is 25.4 Å². The van der Waals surface area contributed by atoms with Gasteiger partial charge in [0.05, 0.1) is 6.54 Å². The summed E-state index contributed by atoms with van der Waals surface area (Å²) >= 11 is 0. The molecule has 0 aromatic heterocycles. The molecule has 0 amide bonds. The molecule has 4 unspecified atom stereocenters. The molecule has 166 valence electrons. The lowest BCUT2D eigenvalue weighted by atomic mass is 9.95. The van der Waals surface area contributed by atoms with Crippen LogP contribution in [0.15, 0.2) is 4.99 Å². The number of likely N-dealkylation sites (tertiary alicyclic amines) is 1. The summed E-state index contributed by atoms with van der Waals surface area (Å²) in [4.78, 5) is 6.09. The van der Waals surface area contributed by atoms with Crippen LogP contribution in [0.4, 0.5) is 13.2 Å². The van der Waals surface area contributed by atoms with E-state index in [4.69, 9.17) is 0 Å². The summed E-state index contributed by atoms with van der Waals surface area (Å²) in [6.07, 6.45) is 0.606. The van der Waals surface area contributed by atoms with E-state index in [1.54, 1.807) is 0 Å². The van der Waals surface area contributed by atoms with Crippen LogP contribution in [-0.2, 0) is 10.8 Å². The average Bonchev–Trinajstić information content (AvgIpc) is 3.05. The van der Waals surface area contributed by atoms with Crippen molar-refractivity contribution in [1.82, 2.24) is 15.5 Å². The summed E-state index contributed by atoms with van der Waals surface area (Å²) in [7, 11) is -0.769. The lowest BCUT2D eigenvalue weighted by molar-refractivity contribution is -0.143. The highest BCUT2D eigenvalue weighted by molar-refractivity contribution is 14.0. The van der Waals surface area contributed by atoms with Crippen molar-refractivity contribution in [2.24, 2.45) is 10.9 Å². The molecule has 1 aliphatic heterocycles. The molecule has 2 rings (SSSR count). The monoisotopic (exact) mass is 538 g/mol. The summed E-state index contributed by atoms with van der Waals surface area (Å²) in [5, 5.41) is 6.93. The van der Waals surface area contributed by atoms with Crippen LogP contribution in [0.3, 0.4) is 0 Å². The van der Waals surface area contributed by atoms with E-state index in [1.807, 2.05) is 13.8 Å². The molecule has 2 fully saturated rings. The quantitative estimate of drug-likeness (QED) is 0.297. The summed E-state index contributed by atoms with van der Waals surface area (Å²) in [6, 6.07) is 0.252. The van der Waals surface area contributed by atoms with Crippen molar-refractivity contribution in [3.8, 4) is 0 Å². The van der Waals surface area contributed by atoms with Gasteiger partial charge < -0.3 is 10.6 Å². The van der Waals surface area contributed by atoms with Crippen molar-refractivity contribution in [2.75, 3.05) is 38.5 Å². The maximum Gasteiger partial charge on any atom is 0.401 e. The Morgan fingerprint density at radius 1 is 1.25 bits per heavy atom. The van der Waals surface area contributed by atoms with Gasteiger partial charge in [0.15, 0.2) is 5.96 Å². The second-order valence-corrected chi connectivity index (χ2v) is 9.53. The van der Waals surface area contributed by atoms with Crippen LogP contribution in [0, 0.1) is 5.92 Å². The third-order valence-corrected chi connectivity index (χ3v) is 6.99. The van der Waals surface area contributed by atoms with Gasteiger partial charge >= 0.3 is 6.18 Å². The SMILES string of the molecule is CCNC(=NCC1CCN(CC(F)(F)F)C1)NC1CCCC(S(=O)CC)C1.I. The molecule has 10 heteroatoms. The summed E-state index contributed by atoms with van der Waals surface area (Å²) in [6.45, 7) is 5.31. The van der Waals surface area contributed by atoms with E-state index in [0.717, 1.165) is 44.6 Å². The number of rotatable bonds is 7. The molecule has 2 aliphatic rings. The van der Waals surface area contributed by atoms with Crippen molar-refractivity contribution in [1.29, 1.82) is 0 Å². The highest BCUT2D eigenvalue weighted by Crippen LogP contribution is 2.24. The first-order valence-electron chi connectivity index (χ1n) is 10.0. The van der Waals surface area contributed by atoms with Crippen LogP contribution in [0.5, 0.6) is 0 Å². The number of guanidine groups is 1. The van der Waals surface area contributed by atoms with Crippen LogP contribution < -0.4 is 10.6 Å². The molecule has 2 N–H and O–H groups in total. The average molecular weight is 538 g/mol. The van der Waals surface area contributed by atoms with E-state index < -0.39 is 23.5 Å². The molecule has 5 nitrogen and oxygen atoms in total. The topological polar surface area (TPSA) is 56.7 Å². The van der Waals surface area contributed by atoms with Gasteiger partial charge in [0, 0.05) is 47.5 Å². The minimum atomic E-state index is -4.13. The van der Waals surface area contributed by atoms with Gasteiger partial charge in [0.1, 0.15) is 0 Å². The zero-order valence-corrected chi connectivity index (χ0v) is 19.9. The Labute approximate surface area is 186 Å². The molecule has 1 aliphatic carbocycles. The normalized spacial score (nSPS) is 27.9. The van der Waals surface area contributed by atoms with Crippen molar-refractivity contribution in [3.63, 3.8) is 0 Å². The fourth-order valence-corrected chi connectivity index (χ4v) is 5.29. The number of halogens is 4. The standard InChI is InChI=1S/C18H33F3N4OS.HI/c1-3-22-17(24-15-6-5-7-16(10-15)27(26)4-2)23-11-14-8-9-25(12-14)13-18(19,20)21;/h14-16H,3-13H2,1-2H3,(H2,22,23,24);1H. The Kier molecular flexibility index (Phi) is 11.6. The predicted octanol–water partition coefficient (Wildman–Crippen LogP) is 3.12. The van der Waals surface area contributed by atoms with E-state index in [9.17, 15) is 17.4 Å². The zero-order valence-electron chi connectivity index (χ0n) is 16.8. The Morgan fingerprint density at radius 3 is 2.64 bits per heavy atom. The van der Waals surface area contributed by atoms with Crippen LogP contribution in [-0.4, -0.2) is 71.0 Å². The highest BCUT2D eigenvalue weighted by atomic mass is 127. The number of aliphatic imine (C=N–C) groups is 1. The molecule has 0 radical (unpaired) electrons. The third-order valence-electron chi connectivity index (χ3n) is 5.25. The van der Waals surface area contributed by atoms with Crippen molar-refractivity contribution < 1.29 is 17.4 Å². The minimum Gasteiger partial charge on any atom is -0.357 e. The van der Waals surface area contributed by atoms with Crippen molar-refractivity contribution in [2.45, 2.75) is 63.4 Å². The van der Waals surface area contributed by atoms with Gasteiger partial charge in [0.2, 0.25) is 0 Å².